The van der Waals surface area contributed by atoms with E-state index in [0.29, 0.717) is 36.0 Å². The van der Waals surface area contributed by atoms with Crippen LogP contribution in [0.3, 0.4) is 0 Å². The molecule has 34 heavy (non-hydrogen) atoms. The molecule has 4 rings (SSSR count). The number of rotatable bonds is 9. The van der Waals surface area contributed by atoms with Gasteiger partial charge in [0.2, 0.25) is 5.95 Å². The molecule has 0 spiro atoms. The molecule has 10 nitrogen and oxygen atoms in total. The van der Waals surface area contributed by atoms with Crippen LogP contribution in [0.2, 0.25) is 0 Å². The maximum absolute atomic E-state index is 8.89. The van der Waals surface area contributed by atoms with E-state index in [4.69, 9.17) is 15.2 Å². The Balaban J connectivity index is 1.58. The highest BCUT2D eigenvalue weighted by atomic mass is 15.2. The SMILES string of the molecule is CCC1CCC(NCCC#N)CC(Nc2nc(Nc3cc(C)[nH]n3)cc(-c3cn(C)cn3)n2)C1. The molecule has 1 aliphatic carbocycles. The van der Waals surface area contributed by atoms with E-state index in [-0.39, 0.29) is 6.04 Å². The Morgan fingerprint density at radius 2 is 2.03 bits per heavy atom. The molecule has 0 aromatic carbocycles. The van der Waals surface area contributed by atoms with Crippen molar-refractivity contribution in [2.75, 3.05) is 17.2 Å². The minimum Gasteiger partial charge on any atom is -0.351 e. The number of aromatic nitrogens is 6. The van der Waals surface area contributed by atoms with Crippen molar-refractivity contribution in [1.82, 2.24) is 35.0 Å². The molecule has 0 saturated heterocycles. The van der Waals surface area contributed by atoms with Gasteiger partial charge in [-0.15, -0.1) is 0 Å². The molecule has 3 unspecified atom stereocenters. The van der Waals surface area contributed by atoms with Crippen LogP contribution < -0.4 is 16.0 Å². The van der Waals surface area contributed by atoms with Gasteiger partial charge in [0, 0.05) is 56.1 Å². The Hall–Kier alpha value is -3.45. The zero-order valence-corrected chi connectivity index (χ0v) is 20.2. The third-order valence-electron chi connectivity index (χ3n) is 6.35. The Bertz CT molecular complexity index is 1110. The smallest absolute Gasteiger partial charge is 0.225 e. The molecular weight excluding hydrogens is 428 g/mol. The summed E-state index contributed by atoms with van der Waals surface area (Å²) < 4.78 is 1.91. The van der Waals surface area contributed by atoms with Crippen molar-refractivity contribution in [3.8, 4) is 17.5 Å². The van der Waals surface area contributed by atoms with Crippen molar-refractivity contribution >= 4 is 17.6 Å². The zero-order valence-electron chi connectivity index (χ0n) is 20.2. The predicted molar refractivity (Wildman–Crippen MR) is 133 cm³/mol. The van der Waals surface area contributed by atoms with Crippen molar-refractivity contribution in [2.24, 2.45) is 13.0 Å². The molecule has 180 valence electrons. The van der Waals surface area contributed by atoms with E-state index in [2.05, 4.69) is 44.1 Å². The fourth-order valence-electron chi connectivity index (χ4n) is 4.57. The fraction of sp³-hybridized carbons (Fsp3) is 0.542. The second-order valence-corrected chi connectivity index (χ2v) is 9.17. The molecule has 3 aromatic heterocycles. The molecule has 3 aromatic rings. The number of imidazole rings is 1. The van der Waals surface area contributed by atoms with Crippen molar-refractivity contribution in [3.05, 3.63) is 30.4 Å². The van der Waals surface area contributed by atoms with Crippen LogP contribution in [0.4, 0.5) is 17.6 Å². The minimum absolute atomic E-state index is 0.242. The van der Waals surface area contributed by atoms with E-state index >= 15 is 0 Å². The Morgan fingerprint density at radius 3 is 2.74 bits per heavy atom. The molecule has 10 heteroatoms. The van der Waals surface area contributed by atoms with Gasteiger partial charge in [0.15, 0.2) is 5.82 Å². The largest absolute Gasteiger partial charge is 0.351 e. The van der Waals surface area contributed by atoms with Crippen LogP contribution in [0.15, 0.2) is 24.7 Å². The monoisotopic (exact) mass is 462 g/mol. The molecule has 1 aliphatic rings. The molecule has 1 fully saturated rings. The summed E-state index contributed by atoms with van der Waals surface area (Å²) in [6.45, 7) is 4.95. The predicted octanol–water partition coefficient (Wildman–Crippen LogP) is 3.90. The second kappa shape index (κ2) is 11.1. The van der Waals surface area contributed by atoms with Crippen LogP contribution in [0.5, 0.6) is 0 Å². The van der Waals surface area contributed by atoms with Gasteiger partial charge in [0.1, 0.15) is 11.5 Å². The van der Waals surface area contributed by atoms with Crippen molar-refractivity contribution < 1.29 is 0 Å². The van der Waals surface area contributed by atoms with Crippen LogP contribution in [0.25, 0.3) is 11.4 Å². The van der Waals surface area contributed by atoms with Crippen molar-refractivity contribution in [2.45, 2.75) is 64.5 Å². The lowest BCUT2D eigenvalue weighted by Gasteiger charge is -2.23. The van der Waals surface area contributed by atoms with Gasteiger partial charge < -0.3 is 20.5 Å². The van der Waals surface area contributed by atoms with Gasteiger partial charge in [-0.25, -0.2) is 9.97 Å². The van der Waals surface area contributed by atoms with E-state index in [0.717, 1.165) is 49.3 Å². The first-order chi connectivity index (χ1) is 16.5. The maximum Gasteiger partial charge on any atom is 0.225 e. The maximum atomic E-state index is 8.89. The Labute approximate surface area is 200 Å². The molecular formula is C24H34N10. The number of aryl methyl sites for hydroxylation is 2. The number of hydrogen-bond acceptors (Lipinski definition) is 8. The summed E-state index contributed by atoms with van der Waals surface area (Å²) in [5.41, 5.74) is 2.51. The summed E-state index contributed by atoms with van der Waals surface area (Å²) in [5, 5.41) is 26.6. The van der Waals surface area contributed by atoms with Gasteiger partial charge in [-0.1, -0.05) is 13.3 Å². The quantitative estimate of drug-likeness (QED) is 0.278. The summed E-state index contributed by atoms with van der Waals surface area (Å²) >= 11 is 0. The van der Waals surface area contributed by atoms with Crippen LogP contribution >= 0.6 is 0 Å². The van der Waals surface area contributed by atoms with Gasteiger partial charge in [0.25, 0.3) is 0 Å². The number of H-pyrrole nitrogens is 1. The topological polar surface area (TPSA) is 132 Å². The Kier molecular flexibility index (Phi) is 7.75. The third-order valence-corrected chi connectivity index (χ3v) is 6.35. The molecule has 0 aliphatic heterocycles. The summed E-state index contributed by atoms with van der Waals surface area (Å²) in [6, 6.07) is 6.68. The van der Waals surface area contributed by atoms with Crippen LogP contribution in [-0.2, 0) is 7.05 Å². The second-order valence-electron chi connectivity index (χ2n) is 9.17. The first-order valence-corrected chi connectivity index (χ1v) is 12.1. The van der Waals surface area contributed by atoms with Crippen molar-refractivity contribution in [3.63, 3.8) is 0 Å². The number of nitrogens with one attached hydrogen (secondary N) is 4. The molecule has 4 N–H and O–H groups in total. The van der Waals surface area contributed by atoms with Gasteiger partial charge in [-0.05, 0) is 38.5 Å². The molecule has 3 atom stereocenters. The highest BCUT2D eigenvalue weighted by Crippen LogP contribution is 2.29. The van der Waals surface area contributed by atoms with E-state index < -0.39 is 0 Å². The number of hydrogen-bond donors (Lipinski definition) is 4. The van der Waals surface area contributed by atoms with E-state index in [1.54, 1.807) is 6.33 Å². The average molecular weight is 463 g/mol. The van der Waals surface area contributed by atoms with Crippen LogP contribution in [0, 0.1) is 24.2 Å². The lowest BCUT2D eigenvalue weighted by atomic mass is 9.96. The minimum atomic E-state index is 0.242. The molecule has 0 amide bonds. The lowest BCUT2D eigenvalue weighted by molar-refractivity contribution is 0.425. The summed E-state index contributed by atoms with van der Waals surface area (Å²) in [6.07, 6.45) is 9.77. The molecule has 0 bridgehead atoms. The van der Waals surface area contributed by atoms with Gasteiger partial charge in [-0.3, -0.25) is 5.10 Å². The van der Waals surface area contributed by atoms with Crippen LogP contribution in [0.1, 0.15) is 51.1 Å². The molecule has 0 radical (unpaired) electrons. The Morgan fingerprint density at radius 1 is 1.15 bits per heavy atom. The molecule has 3 heterocycles. The normalized spacial score (nSPS) is 20.5. The summed E-state index contributed by atoms with van der Waals surface area (Å²) in [5.74, 6) is 2.60. The van der Waals surface area contributed by atoms with Crippen molar-refractivity contribution in [1.29, 1.82) is 5.26 Å². The first-order valence-electron chi connectivity index (χ1n) is 12.1. The molecule has 1 saturated carbocycles. The fourth-order valence-corrected chi connectivity index (χ4v) is 4.57. The average Bonchev–Trinajstić information content (AvgIpc) is 3.38. The van der Waals surface area contributed by atoms with E-state index in [1.165, 1.54) is 6.42 Å². The standard InChI is InChI=1S/C24H34N10/c1-4-17-6-7-18(26-9-5-8-25)12-19(11-17)28-24-29-20(21-14-34(3)15-27-21)13-22(31-24)30-23-10-16(2)32-33-23/h10,13-15,17-19,26H,4-7,9,11-12H2,1-3H3,(H3,28,29,30,31,32,33). The van der Waals surface area contributed by atoms with E-state index in [1.807, 2.05) is 36.9 Å². The number of anilines is 3. The highest BCUT2D eigenvalue weighted by Gasteiger charge is 2.26. The number of aromatic amines is 1. The number of nitrogens with zero attached hydrogens (tertiary/aromatic N) is 6. The summed E-state index contributed by atoms with van der Waals surface area (Å²) in [7, 11) is 1.94. The van der Waals surface area contributed by atoms with E-state index in [9.17, 15) is 0 Å². The highest BCUT2D eigenvalue weighted by molar-refractivity contribution is 5.63. The number of nitriles is 1. The summed E-state index contributed by atoms with van der Waals surface area (Å²) in [4.78, 5) is 14.1. The zero-order chi connectivity index (χ0) is 23.9. The first kappa shape index (κ1) is 23.7. The van der Waals surface area contributed by atoms with Gasteiger partial charge >= 0.3 is 0 Å². The lowest BCUT2D eigenvalue weighted by Crippen LogP contribution is -2.34. The third kappa shape index (κ3) is 6.32. The van der Waals surface area contributed by atoms with Gasteiger partial charge in [-0.2, -0.15) is 15.3 Å². The van der Waals surface area contributed by atoms with Gasteiger partial charge in [0.05, 0.1) is 18.1 Å². The van der Waals surface area contributed by atoms with Crippen LogP contribution in [-0.4, -0.2) is 48.3 Å².